The third kappa shape index (κ3) is 4.77. The Labute approximate surface area is 151 Å². The van der Waals surface area contributed by atoms with Crippen LogP contribution >= 0.6 is 11.9 Å². The first-order valence-corrected chi connectivity index (χ1v) is 8.85. The molecule has 25 heavy (non-hydrogen) atoms. The number of fused-ring (bicyclic) bond motifs is 1. The molecule has 2 N–H and O–H groups in total. The SMILES string of the molecule is Cc1cc2cc(C(=O)/C(C#N)=C/N(C)C)[nH]c2cc1NSCCCF. The molecule has 0 fully saturated rings. The Kier molecular flexibility index (Phi) is 6.48. The number of aromatic nitrogens is 1. The topological polar surface area (TPSA) is 71.9 Å². The lowest BCUT2D eigenvalue weighted by atomic mass is 10.1. The number of aryl methyl sites for hydroxylation is 1. The number of hydrogen-bond donors (Lipinski definition) is 2. The number of aromatic amines is 1. The quantitative estimate of drug-likeness (QED) is 0.244. The molecule has 1 heterocycles. The van der Waals surface area contributed by atoms with Crippen LogP contribution in [0.3, 0.4) is 0 Å². The van der Waals surface area contributed by atoms with Crippen LogP contribution in [0.15, 0.2) is 30.0 Å². The third-order valence-corrected chi connectivity index (χ3v) is 4.38. The fourth-order valence-electron chi connectivity index (χ4n) is 2.32. The first-order chi connectivity index (χ1) is 12.0. The number of nitriles is 1. The Morgan fingerprint density at radius 2 is 2.20 bits per heavy atom. The molecule has 0 aliphatic carbocycles. The van der Waals surface area contributed by atoms with E-state index in [0.717, 1.165) is 22.2 Å². The average molecular weight is 360 g/mol. The number of H-pyrrole nitrogens is 1. The fraction of sp³-hybridized carbons (Fsp3) is 0.333. The zero-order chi connectivity index (χ0) is 18.4. The van der Waals surface area contributed by atoms with E-state index in [4.69, 9.17) is 0 Å². The molecule has 0 amide bonds. The molecule has 2 rings (SSSR count). The van der Waals surface area contributed by atoms with Crippen molar-refractivity contribution in [1.82, 2.24) is 9.88 Å². The molecule has 132 valence electrons. The second-order valence-electron chi connectivity index (χ2n) is 5.88. The van der Waals surface area contributed by atoms with Crippen LogP contribution in [0.1, 0.15) is 22.5 Å². The van der Waals surface area contributed by atoms with Gasteiger partial charge in [-0.05, 0) is 37.1 Å². The molecule has 0 spiro atoms. The number of allylic oxidation sites excluding steroid dienone is 1. The number of carbonyl (C=O) groups is 1. The summed E-state index contributed by atoms with van der Waals surface area (Å²) in [6, 6.07) is 7.59. The van der Waals surface area contributed by atoms with Gasteiger partial charge in [0.1, 0.15) is 11.6 Å². The Morgan fingerprint density at radius 1 is 1.44 bits per heavy atom. The van der Waals surface area contributed by atoms with Gasteiger partial charge in [0.15, 0.2) is 0 Å². The van der Waals surface area contributed by atoms with E-state index < -0.39 is 0 Å². The average Bonchev–Trinajstić information content (AvgIpc) is 2.98. The second kappa shape index (κ2) is 8.58. The first-order valence-electron chi connectivity index (χ1n) is 7.86. The van der Waals surface area contributed by atoms with Gasteiger partial charge in [0, 0.05) is 42.6 Å². The number of nitrogens with zero attached hydrogens (tertiary/aromatic N) is 2. The van der Waals surface area contributed by atoms with E-state index in [1.54, 1.807) is 25.1 Å². The van der Waals surface area contributed by atoms with Gasteiger partial charge in [-0.3, -0.25) is 9.18 Å². The van der Waals surface area contributed by atoms with Crippen molar-refractivity contribution < 1.29 is 9.18 Å². The highest BCUT2D eigenvalue weighted by Gasteiger charge is 2.16. The molecule has 0 saturated carbocycles. The molecule has 0 saturated heterocycles. The van der Waals surface area contributed by atoms with Gasteiger partial charge in [-0.1, -0.05) is 11.9 Å². The van der Waals surface area contributed by atoms with E-state index >= 15 is 0 Å². The zero-order valence-corrected chi connectivity index (χ0v) is 15.3. The largest absolute Gasteiger partial charge is 0.382 e. The number of halogens is 1. The summed E-state index contributed by atoms with van der Waals surface area (Å²) in [5, 5.41) is 10.1. The molecular weight excluding hydrogens is 339 g/mol. The smallest absolute Gasteiger partial charge is 0.221 e. The zero-order valence-electron chi connectivity index (χ0n) is 14.5. The van der Waals surface area contributed by atoms with Gasteiger partial charge in [-0.2, -0.15) is 5.26 Å². The van der Waals surface area contributed by atoms with Crippen molar-refractivity contribution in [2.45, 2.75) is 13.3 Å². The monoisotopic (exact) mass is 360 g/mol. The van der Waals surface area contributed by atoms with Crippen LogP contribution in [0.2, 0.25) is 0 Å². The van der Waals surface area contributed by atoms with E-state index in [2.05, 4.69) is 9.71 Å². The molecule has 0 aliphatic heterocycles. The number of carbonyl (C=O) groups excluding carboxylic acids is 1. The molecule has 0 aliphatic rings. The Hall–Kier alpha value is -2.46. The standard InChI is InChI=1S/C18H21FN4OS/c1-12-7-13-8-17(18(24)14(10-20)11-23(2)3)21-16(13)9-15(12)22-25-6-4-5-19/h7-9,11,21-22H,4-6H2,1-3H3/b14-11+. The lowest BCUT2D eigenvalue weighted by Gasteiger charge is -2.08. The Balaban J connectivity index is 2.27. The van der Waals surface area contributed by atoms with Crippen molar-refractivity contribution in [1.29, 1.82) is 5.26 Å². The minimum absolute atomic E-state index is 0.0772. The van der Waals surface area contributed by atoms with Crippen LogP contribution in [-0.4, -0.2) is 42.2 Å². The number of alkyl halides is 1. The van der Waals surface area contributed by atoms with Crippen molar-refractivity contribution >= 4 is 34.3 Å². The molecule has 0 unspecified atom stereocenters. The van der Waals surface area contributed by atoms with Gasteiger partial charge in [0.25, 0.3) is 0 Å². The lowest BCUT2D eigenvalue weighted by Crippen LogP contribution is -2.09. The first kappa shape index (κ1) is 18.9. The molecule has 1 aromatic carbocycles. The van der Waals surface area contributed by atoms with Crippen molar-refractivity contribution in [3.8, 4) is 6.07 Å². The summed E-state index contributed by atoms with van der Waals surface area (Å²) in [5.74, 6) is 0.348. The highest BCUT2D eigenvalue weighted by atomic mass is 32.2. The maximum absolute atomic E-state index is 12.5. The van der Waals surface area contributed by atoms with Crippen LogP contribution in [0, 0.1) is 18.3 Å². The van der Waals surface area contributed by atoms with Crippen LogP contribution in [0.5, 0.6) is 0 Å². The van der Waals surface area contributed by atoms with Gasteiger partial charge >= 0.3 is 0 Å². The number of benzene rings is 1. The van der Waals surface area contributed by atoms with Crippen LogP contribution in [0.25, 0.3) is 10.9 Å². The highest BCUT2D eigenvalue weighted by molar-refractivity contribution is 8.00. The van der Waals surface area contributed by atoms with Crippen molar-refractivity contribution in [2.75, 3.05) is 31.2 Å². The van der Waals surface area contributed by atoms with Crippen molar-refractivity contribution in [3.05, 3.63) is 41.2 Å². The summed E-state index contributed by atoms with van der Waals surface area (Å²) in [7, 11) is 3.52. The third-order valence-electron chi connectivity index (χ3n) is 3.52. The summed E-state index contributed by atoms with van der Waals surface area (Å²) in [6.07, 6.45) is 2.02. The summed E-state index contributed by atoms with van der Waals surface area (Å²) >= 11 is 1.45. The van der Waals surface area contributed by atoms with Gasteiger partial charge < -0.3 is 14.6 Å². The Morgan fingerprint density at radius 3 is 2.84 bits per heavy atom. The number of hydrogen-bond acceptors (Lipinski definition) is 5. The van der Waals surface area contributed by atoms with Crippen LogP contribution in [-0.2, 0) is 0 Å². The fourth-order valence-corrected chi connectivity index (χ4v) is 3.05. The van der Waals surface area contributed by atoms with Crippen molar-refractivity contribution in [3.63, 3.8) is 0 Å². The number of Topliss-reactive ketones (excluding diaryl/α,β-unsaturated/α-hetero) is 1. The minimum atomic E-state index is -0.336. The predicted octanol–water partition coefficient (Wildman–Crippen LogP) is 4.05. The Bertz CT molecular complexity index is 835. The molecule has 2 aromatic rings. The van der Waals surface area contributed by atoms with E-state index in [1.165, 1.54) is 18.1 Å². The molecule has 7 heteroatoms. The van der Waals surface area contributed by atoms with Crippen LogP contribution < -0.4 is 4.72 Å². The molecule has 0 bridgehead atoms. The van der Waals surface area contributed by atoms with Gasteiger partial charge in [-0.15, -0.1) is 0 Å². The van der Waals surface area contributed by atoms with E-state index in [-0.39, 0.29) is 18.0 Å². The summed E-state index contributed by atoms with van der Waals surface area (Å²) in [4.78, 5) is 17.2. The maximum atomic E-state index is 12.5. The van der Waals surface area contributed by atoms with Crippen LogP contribution in [0.4, 0.5) is 10.1 Å². The number of anilines is 1. The summed E-state index contributed by atoms with van der Waals surface area (Å²) in [6.45, 7) is 1.65. The van der Waals surface area contributed by atoms with Gasteiger partial charge in [0.2, 0.25) is 5.78 Å². The van der Waals surface area contributed by atoms with E-state index in [1.807, 2.05) is 25.1 Å². The number of rotatable bonds is 8. The summed E-state index contributed by atoms with van der Waals surface area (Å²) < 4.78 is 15.4. The second-order valence-corrected chi connectivity index (χ2v) is 6.78. The van der Waals surface area contributed by atoms with E-state index in [9.17, 15) is 14.4 Å². The maximum Gasteiger partial charge on any atom is 0.221 e. The molecular formula is C18H21FN4OS. The van der Waals surface area contributed by atoms with Crippen molar-refractivity contribution in [2.24, 2.45) is 0 Å². The molecule has 0 atom stereocenters. The summed E-state index contributed by atoms with van der Waals surface area (Å²) in [5.41, 5.74) is 3.22. The predicted molar refractivity (Wildman–Crippen MR) is 101 cm³/mol. The van der Waals surface area contributed by atoms with Gasteiger partial charge in [0.05, 0.1) is 12.4 Å². The number of nitrogens with one attached hydrogen (secondary N) is 2. The van der Waals surface area contributed by atoms with E-state index in [0.29, 0.717) is 17.9 Å². The number of ketones is 1. The normalized spacial score (nSPS) is 11.4. The minimum Gasteiger partial charge on any atom is -0.382 e. The van der Waals surface area contributed by atoms with Gasteiger partial charge in [-0.25, -0.2) is 0 Å². The molecule has 0 radical (unpaired) electrons. The highest BCUT2D eigenvalue weighted by Crippen LogP contribution is 2.27. The molecule has 5 nitrogen and oxygen atoms in total. The molecule has 1 aromatic heterocycles. The lowest BCUT2D eigenvalue weighted by molar-refractivity contribution is 0.103.